The lowest BCUT2D eigenvalue weighted by Crippen LogP contribution is -2.58. The molecule has 3 N–H and O–H groups in total. The Balaban J connectivity index is 1.21. The van der Waals surface area contributed by atoms with Crippen LogP contribution in [0.5, 0.6) is 11.6 Å². The van der Waals surface area contributed by atoms with Gasteiger partial charge in [-0.25, -0.2) is 13.2 Å². The number of alkyl carbamates (subject to hydrolysis) is 1. The van der Waals surface area contributed by atoms with E-state index in [1.807, 2.05) is 24.3 Å². The molecule has 57 heavy (non-hydrogen) atoms. The molecule has 0 bridgehead atoms. The molecule has 2 aliphatic carbocycles. The van der Waals surface area contributed by atoms with Crippen LogP contribution in [0.4, 0.5) is 10.6 Å². The van der Waals surface area contributed by atoms with Crippen molar-refractivity contribution in [3.05, 3.63) is 24.3 Å². The predicted molar refractivity (Wildman–Crippen MR) is 210 cm³/mol. The molecule has 3 aliphatic heterocycles. The summed E-state index contributed by atoms with van der Waals surface area (Å²) < 4.78 is 51.4. The number of rotatable bonds is 8. The van der Waals surface area contributed by atoms with Crippen molar-refractivity contribution in [2.24, 2.45) is 5.92 Å². The number of amides is 4. The number of fused-ring (bicyclic) bond motifs is 3. The molecule has 4 heterocycles. The largest absolute Gasteiger partial charge is 0.497 e. The highest BCUT2D eigenvalue weighted by Gasteiger charge is 2.62. The zero-order chi connectivity index (χ0) is 40.5. The average molecular weight is 813 g/mol. The quantitative estimate of drug-likeness (QED) is 0.352. The Morgan fingerprint density at radius 1 is 1.00 bits per heavy atom. The SMILES string of the molecule is COc1ccc2c(O[C@@H]3C[C@H]4C(=O)N[C@]5(C(=O)NS(=O)(=O)C6CC6)C[C@H]5CCCCCCC[C@H](NC(=O)OC(C)(C)C)C(=O)N4C3)nc(N3CCOCC3)cc2c1. The van der Waals surface area contributed by atoms with E-state index in [2.05, 4.69) is 20.3 Å². The smallest absolute Gasteiger partial charge is 0.408 e. The van der Waals surface area contributed by atoms with Gasteiger partial charge in [0.15, 0.2) is 0 Å². The molecule has 2 aromatic rings. The molecule has 0 radical (unpaired) electrons. The molecule has 3 saturated heterocycles. The van der Waals surface area contributed by atoms with Gasteiger partial charge in [0.25, 0.3) is 5.91 Å². The van der Waals surface area contributed by atoms with Gasteiger partial charge in [0.05, 0.1) is 32.1 Å². The highest BCUT2D eigenvalue weighted by molar-refractivity contribution is 7.91. The van der Waals surface area contributed by atoms with Gasteiger partial charge in [0, 0.05) is 24.9 Å². The molecule has 312 valence electrons. The number of anilines is 1. The highest BCUT2D eigenvalue weighted by Crippen LogP contribution is 2.48. The first-order valence-electron chi connectivity index (χ1n) is 20.3. The third-order valence-corrected chi connectivity index (χ3v) is 13.4. The minimum atomic E-state index is -3.88. The van der Waals surface area contributed by atoms with Crippen molar-refractivity contribution in [1.82, 2.24) is 25.2 Å². The Kier molecular flexibility index (Phi) is 11.8. The third kappa shape index (κ3) is 9.51. The Hall–Kier alpha value is -4.38. The van der Waals surface area contributed by atoms with Crippen LogP contribution in [0.1, 0.15) is 91.4 Å². The maximum atomic E-state index is 14.6. The Bertz CT molecular complexity index is 1960. The summed E-state index contributed by atoms with van der Waals surface area (Å²) in [6.45, 7) is 7.59. The van der Waals surface area contributed by atoms with E-state index in [4.69, 9.17) is 23.9 Å². The molecular formula is C40H56N6O10S. The molecule has 2 saturated carbocycles. The zero-order valence-electron chi connectivity index (χ0n) is 33.3. The number of methoxy groups -OCH3 is 1. The van der Waals surface area contributed by atoms with E-state index in [1.54, 1.807) is 27.9 Å². The number of nitrogens with one attached hydrogen (secondary N) is 3. The summed E-state index contributed by atoms with van der Waals surface area (Å²) in [6.07, 6.45) is 4.84. The maximum Gasteiger partial charge on any atom is 0.408 e. The highest BCUT2D eigenvalue weighted by atomic mass is 32.2. The molecule has 5 fully saturated rings. The number of morpholine rings is 1. The monoisotopic (exact) mass is 812 g/mol. The fourth-order valence-corrected chi connectivity index (χ4v) is 9.59. The van der Waals surface area contributed by atoms with Crippen molar-refractivity contribution in [1.29, 1.82) is 0 Å². The van der Waals surface area contributed by atoms with Crippen LogP contribution in [0.25, 0.3) is 10.8 Å². The van der Waals surface area contributed by atoms with Gasteiger partial charge >= 0.3 is 6.09 Å². The summed E-state index contributed by atoms with van der Waals surface area (Å²) in [5.41, 5.74) is -2.23. The number of hydrogen-bond acceptors (Lipinski definition) is 12. The zero-order valence-corrected chi connectivity index (χ0v) is 34.2. The number of carbonyl (C=O) groups is 4. The Labute approximate surface area is 334 Å². The van der Waals surface area contributed by atoms with Crippen LogP contribution in [-0.2, 0) is 33.9 Å². The van der Waals surface area contributed by atoms with Crippen LogP contribution in [0.2, 0.25) is 0 Å². The Morgan fingerprint density at radius 3 is 2.42 bits per heavy atom. The number of nitrogens with zero attached hydrogens (tertiary/aromatic N) is 3. The van der Waals surface area contributed by atoms with Gasteiger partial charge in [0.2, 0.25) is 27.7 Å². The van der Waals surface area contributed by atoms with E-state index >= 15 is 0 Å². The molecule has 4 amide bonds. The van der Waals surface area contributed by atoms with E-state index in [0.717, 1.165) is 31.1 Å². The number of carbonyl (C=O) groups excluding carboxylic acids is 4. The van der Waals surface area contributed by atoms with Crippen LogP contribution in [-0.4, -0.2) is 117 Å². The lowest BCUT2D eigenvalue weighted by molar-refractivity contribution is -0.141. The first-order valence-corrected chi connectivity index (χ1v) is 21.9. The standard InChI is InChI=1S/C40H56N6O10S/c1-39(2,3)56-38(50)41-31-11-9-7-5-6-8-10-26-23-40(26,37(49)44-57(51,52)29-13-14-29)43-34(47)32-22-28(24-46(32)36(31)48)55-35-30-15-12-27(53-4)20-25(30)21-33(42-35)45-16-18-54-19-17-45/h12,15,20-21,26,28-29,31-32H,5-11,13-14,16-19,22-24H2,1-4H3,(H,41,50)(H,43,47)(H,44,49)/t26-,28-,31+,32+,40-/m1/s1. The first kappa shape index (κ1) is 40.8. The molecule has 16 nitrogen and oxygen atoms in total. The van der Waals surface area contributed by atoms with Crippen LogP contribution in [0, 0.1) is 5.92 Å². The third-order valence-electron chi connectivity index (χ3n) is 11.5. The first-order chi connectivity index (χ1) is 27.2. The van der Waals surface area contributed by atoms with E-state index in [-0.39, 0.29) is 18.9 Å². The molecule has 1 aromatic heterocycles. The summed E-state index contributed by atoms with van der Waals surface area (Å²) in [7, 11) is -2.28. The average Bonchev–Trinajstić information content (AvgIpc) is 4.09. The molecule has 5 aliphatic rings. The van der Waals surface area contributed by atoms with Crippen molar-refractivity contribution >= 4 is 50.4 Å². The van der Waals surface area contributed by atoms with E-state index in [9.17, 15) is 27.6 Å². The van der Waals surface area contributed by atoms with Gasteiger partial charge in [-0.05, 0) is 88.4 Å². The van der Waals surface area contributed by atoms with Crippen LogP contribution in [0.15, 0.2) is 24.3 Å². The molecule has 5 atom stereocenters. The lowest BCUT2D eigenvalue weighted by atomic mass is 10.0. The predicted octanol–water partition coefficient (Wildman–Crippen LogP) is 3.55. The van der Waals surface area contributed by atoms with Crippen LogP contribution < -0.4 is 29.7 Å². The molecule has 0 unspecified atom stereocenters. The van der Waals surface area contributed by atoms with Crippen molar-refractivity contribution in [2.75, 3.05) is 44.9 Å². The molecule has 0 spiro atoms. The van der Waals surface area contributed by atoms with E-state index in [1.165, 1.54) is 4.90 Å². The van der Waals surface area contributed by atoms with Gasteiger partial charge < -0.3 is 39.4 Å². The van der Waals surface area contributed by atoms with Crippen molar-refractivity contribution in [3.63, 3.8) is 0 Å². The minimum absolute atomic E-state index is 0.0107. The molecule has 17 heteroatoms. The topological polar surface area (TPSA) is 195 Å². The second-order valence-electron chi connectivity index (χ2n) is 17.0. The number of ether oxygens (including phenoxy) is 4. The van der Waals surface area contributed by atoms with Crippen molar-refractivity contribution in [3.8, 4) is 11.6 Å². The van der Waals surface area contributed by atoms with Gasteiger partial charge in [-0.15, -0.1) is 0 Å². The number of benzene rings is 1. The summed E-state index contributed by atoms with van der Waals surface area (Å²) in [4.78, 5) is 64.6. The summed E-state index contributed by atoms with van der Waals surface area (Å²) in [5, 5.41) is 6.66. The van der Waals surface area contributed by atoms with Crippen LogP contribution >= 0.6 is 0 Å². The fourth-order valence-electron chi connectivity index (χ4n) is 8.22. The van der Waals surface area contributed by atoms with Crippen molar-refractivity contribution in [2.45, 2.75) is 126 Å². The van der Waals surface area contributed by atoms with Gasteiger partial charge in [-0.3, -0.25) is 19.1 Å². The minimum Gasteiger partial charge on any atom is -0.497 e. The van der Waals surface area contributed by atoms with Gasteiger partial charge in [-0.1, -0.05) is 32.1 Å². The van der Waals surface area contributed by atoms with Crippen molar-refractivity contribution < 1.29 is 46.5 Å². The second-order valence-corrected chi connectivity index (χ2v) is 19.0. The van der Waals surface area contributed by atoms with Crippen LogP contribution in [0.3, 0.4) is 0 Å². The molecular weight excluding hydrogens is 757 g/mol. The number of hydrogen-bond donors (Lipinski definition) is 3. The Morgan fingerprint density at radius 2 is 1.72 bits per heavy atom. The van der Waals surface area contributed by atoms with E-state index < -0.39 is 68.4 Å². The lowest BCUT2D eigenvalue weighted by Gasteiger charge is -2.30. The fraction of sp³-hybridized carbons (Fsp3) is 0.675. The van der Waals surface area contributed by atoms with E-state index in [0.29, 0.717) is 87.7 Å². The number of aromatic nitrogens is 1. The second kappa shape index (κ2) is 16.5. The maximum absolute atomic E-state index is 14.6. The summed E-state index contributed by atoms with van der Waals surface area (Å²) >= 11 is 0. The van der Waals surface area contributed by atoms with Gasteiger partial charge in [-0.2, -0.15) is 4.98 Å². The summed E-state index contributed by atoms with van der Waals surface area (Å²) in [6, 6.07) is 5.44. The summed E-state index contributed by atoms with van der Waals surface area (Å²) in [5.74, 6) is -0.395. The molecule has 7 rings (SSSR count). The number of sulfonamides is 1. The molecule has 1 aromatic carbocycles. The number of pyridine rings is 1. The normalized spacial score (nSPS) is 27.6. The van der Waals surface area contributed by atoms with Gasteiger partial charge in [0.1, 0.15) is 40.9 Å².